The average Bonchev–Trinajstić information content (AvgIpc) is 2.28. The number of benzene rings is 1. The van der Waals surface area contributed by atoms with Gasteiger partial charge in [-0.05, 0) is 23.6 Å². The largest absolute Gasteiger partial charge is 0.573 e. The van der Waals surface area contributed by atoms with E-state index in [2.05, 4.69) is 4.74 Å². The fourth-order valence-corrected chi connectivity index (χ4v) is 1.51. The van der Waals surface area contributed by atoms with Gasteiger partial charge in [-0.1, -0.05) is 26.3 Å². The van der Waals surface area contributed by atoms with Crippen molar-refractivity contribution in [3.63, 3.8) is 0 Å². The zero-order valence-electron chi connectivity index (χ0n) is 10.1. The van der Waals surface area contributed by atoms with Gasteiger partial charge in [-0.15, -0.1) is 13.2 Å². The lowest BCUT2D eigenvalue weighted by atomic mass is 9.93. The lowest BCUT2D eigenvalue weighted by Crippen LogP contribution is -2.20. The zero-order chi connectivity index (χ0) is 13.9. The Morgan fingerprint density at radius 3 is 2.39 bits per heavy atom. The molecule has 102 valence electrons. The van der Waals surface area contributed by atoms with Gasteiger partial charge < -0.3 is 10.5 Å². The third-order valence-corrected chi connectivity index (χ3v) is 2.82. The summed E-state index contributed by atoms with van der Waals surface area (Å²) in [5.74, 6) is -1.80. The van der Waals surface area contributed by atoms with Crippen LogP contribution in [0.5, 0.6) is 5.75 Å². The summed E-state index contributed by atoms with van der Waals surface area (Å²) < 4.78 is 52.8. The molecule has 0 heterocycles. The van der Waals surface area contributed by atoms with Crippen LogP contribution < -0.4 is 10.5 Å². The van der Waals surface area contributed by atoms with Crippen molar-refractivity contribution in [3.05, 3.63) is 29.6 Å². The Labute approximate surface area is 103 Å². The molecule has 18 heavy (non-hydrogen) atoms. The Bertz CT molecular complexity index is 406. The van der Waals surface area contributed by atoms with Crippen LogP contribution in [-0.4, -0.2) is 6.36 Å². The summed E-state index contributed by atoms with van der Waals surface area (Å²) in [6.45, 7) is 3.82. The molecule has 1 rings (SSSR count). The topological polar surface area (TPSA) is 35.2 Å². The van der Waals surface area contributed by atoms with Crippen molar-refractivity contribution < 1.29 is 22.3 Å². The van der Waals surface area contributed by atoms with Crippen molar-refractivity contribution in [2.45, 2.75) is 32.7 Å². The molecule has 0 aliphatic heterocycles. The maximum absolute atomic E-state index is 13.4. The molecule has 0 bridgehead atoms. The lowest BCUT2D eigenvalue weighted by Gasteiger charge is -2.19. The van der Waals surface area contributed by atoms with E-state index in [0.29, 0.717) is 5.56 Å². The molecule has 0 aliphatic rings. The van der Waals surface area contributed by atoms with Crippen molar-refractivity contribution in [1.82, 2.24) is 0 Å². The van der Waals surface area contributed by atoms with Crippen molar-refractivity contribution >= 4 is 0 Å². The first kappa shape index (κ1) is 14.8. The van der Waals surface area contributed by atoms with Gasteiger partial charge in [0, 0.05) is 6.04 Å². The van der Waals surface area contributed by atoms with E-state index in [4.69, 9.17) is 5.73 Å². The summed E-state index contributed by atoms with van der Waals surface area (Å²) in [5.41, 5.74) is 6.32. The zero-order valence-corrected chi connectivity index (χ0v) is 10.1. The van der Waals surface area contributed by atoms with Gasteiger partial charge in [0.05, 0.1) is 0 Å². The third-order valence-electron chi connectivity index (χ3n) is 2.82. The minimum absolute atomic E-state index is 0.110. The Kier molecular flexibility index (Phi) is 4.56. The van der Waals surface area contributed by atoms with Crippen LogP contribution in [0.15, 0.2) is 18.2 Å². The predicted molar refractivity (Wildman–Crippen MR) is 59.5 cm³/mol. The van der Waals surface area contributed by atoms with E-state index < -0.39 is 24.0 Å². The molecule has 0 fully saturated rings. The van der Waals surface area contributed by atoms with Crippen molar-refractivity contribution in [2.24, 2.45) is 11.7 Å². The molecular formula is C12H15F4NO. The monoisotopic (exact) mass is 265 g/mol. The highest BCUT2D eigenvalue weighted by Crippen LogP contribution is 2.29. The summed E-state index contributed by atoms with van der Waals surface area (Å²) in [7, 11) is 0. The van der Waals surface area contributed by atoms with Crippen LogP contribution >= 0.6 is 0 Å². The van der Waals surface area contributed by atoms with E-state index in [-0.39, 0.29) is 5.92 Å². The molecule has 6 heteroatoms. The van der Waals surface area contributed by atoms with Gasteiger partial charge in [-0.25, -0.2) is 4.39 Å². The molecule has 2 N–H and O–H groups in total. The van der Waals surface area contributed by atoms with Crippen LogP contribution in [0.25, 0.3) is 0 Å². The summed E-state index contributed by atoms with van der Waals surface area (Å²) >= 11 is 0. The van der Waals surface area contributed by atoms with Gasteiger partial charge in [0.2, 0.25) is 0 Å². The number of halogens is 4. The summed E-state index contributed by atoms with van der Waals surface area (Å²) in [4.78, 5) is 0. The highest BCUT2D eigenvalue weighted by molar-refractivity contribution is 5.31. The summed E-state index contributed by atoms with van der Waals surface area (Å²) in [6, 6.07) is 2.86. The maximum atomic E-state index is 13.4. The molecular weight excluding hydrogens is 250 g/mol. The van der Waals surface area contributed by atoms with E-state index in [9.17, 15) is 17.6 Å². The Morgan fingerprint density at radius 2 is 1.94 bits per heavy atom. The van der Waals surface area contributed by atoms with Crippen molar-refractivity contribution in [2.75, 3.05) is 0 Å². The average molecular weight is 265 g/mol. The number of hydrogen-bond donors (Lipinski definition) is 1. The molecule has 0 saturated carbocycles. The van der Waals surface area contributed by atoms with Crippen molar-refractivity contribution in [3.8, 4) is 5.75 Å². The Balaban J connectivity index is 2.92. The molecule has 0 radical (unpaired) electrons. The van der Waals surface area contributed by atoms with Crippen LogP contribution in [0, 0.1) is 11.7 Å². The van der Waals surface area contributed by atoms with Gasteiger partial charge in [0.1, 0.15) is 0 Å². The fraction of sp³-hybridized carbons (Fsp3) is 0.500. The van der Waals surface area contributed by atoms with E-state index >= 15 is 0 Å². The number of hydrogen-bond acceptors (Lipinski definition) is 2. The molecule has 0 spiro atoms. The van der Waals surface area contributed by atoms with Crippen LogP contribution in [-0.2, 0) is 0 Å². The van der Waals surface area contributed by atoms with Crippen LogP contribution in [0.4, 0.5) is 17.6 Å². The van der Waals surface area contributed by atoms with Gasteiger partial charge in [0.25, 0.3) is 0 Å². The van der Waals surface area contributed by atoms with Crippen LogP contribution in [0.2, 0.25) is 0 Å². The second kappa shape index (κ2) is 5.56. The second-order valence-corrected chi connectivity index (χ2v) is 4.15. The smallest absolute Gasteiger partial charge is 0.403 e. The number of nitrogens with two attached hydrogens (primary N) is 1. The molecule has 0 aromatic heterocycles. The van der Waals surface area contributed by atoms with E-state index in [1.807, 2.05) is 13.8 Å². The lowest BCUT2D eigenvalue weighted by molar-refractivity contribution is -0.275. The van der Waals surface area contributed by atoms with Gasteiger partial charge in [-0.2, -0.15) is 0 Å². The SMILES string of the molecule is CCC(C)[C@H](N)c1ccc(OC(F)(F)F)c(F)c1. The minimum Gasteiger partial charge on any atom is -0.403 e. The minimum atomic E-state index is -4.90. The number of alkyl halides is 3. The van der Waals surface area contributed by atoms with E-state index in [1.165, 1.54) is 6.07 Å². The second-order valence-electron chi connectivity index (χ2n) is 4.15. The standard InChI is InChI=1S/C12H15F4NO/c1-3-7(2)11(17)8-4-5-10(9(13)6-8)18-12(14,15)16/h4-7,11H,3,17H2,1-2H3/t7?,11-/m0/s1. The first-order valence-electron chi connectivity index (χ1n) is 5.55. The molecule has 1 aromatic carbocycles. The van der Waals surface area contributed by atoms with Crippen LogP contribution in [0.3, 0.4) is 0 Å². The van der Waals surface area contributed by atoms with E-state index in [1.54, 1.807) is 0 Å². The summed E-state index contributed by atoms with van der Waals surface area (Å²) in [5, 5.41) is 0. The Hall–Kier alpha value is -1.30. The third kappa shape index (κ3) is 3.87. The molecule has 1 unspecified atom stereocenters. The fourth-order valence-electron chi connectivity index (χ4n) is 1.51. The molecule has 0 amide bonds. The first-order chi connectivity index (χ1) is 8.24. The summed E-state index contributed by atoms with van der Waals surface area (Å²) in [6.07, 6.45) is -4.11. The predicted octanol–water partition coefficient (Wildman–Crippen LogP) is 3.77. The normalized spacial score (nSPS) is 15.3. The quantitative estimate of drug-likeness (QED) is 0.841. The number of rotatable bonds is 4. The van der Waals surface area contributed by atoms with Gasteiger partial charge in [0.15, 0.2) is 11.6 Å². The molecule has 1 aromatic rings. The van der Waals surface area contributed by atoms with E-state index in [0.717, 1.165) is 18.6 Å². The molecule has 2 nitrogen and oxygen atoms in total. The Morgan fingerprint density at radius 1 is 1.33 bits per heavy atom. The highest BCUT2D eigenvalue weighted by atomic mass is 19.4. The molecule has 0 aliphatic carbocycles. The van der Waals surface area contributed by atoms with Gasteiger partial charge >= 0.3 is 6.36 Å². The number of ether oxygens (including phenoxy) is 1. The van der Waals surface area contributed by atoms with Crippen LogP contribution in [0.1, 0.15) is 31.9 Å². The molecule has 2 atom stereocenters. The first-order valence-corrected chi connectivity index (χ1v) is 5.55. The van der Waals surface area contributed by atoms with Gasteiger partial charge in [-0.3, -0.25) is 0 Å². The highest BCUT2D eigenvalue weighted by Gasteiger charge is 2.32. The maximum Gasteiger partial charge on any atom is 0.573 e. The van der Waals surface area contributed by atoms with Crippen molar-refractivity contribution in [1.29, 1.82) is 0 Å². The molecule has 0 saturated heterocycles.